The Morgan fingerprint density at radius 1 is 1.28 bits per heavy atom. The second-order valence-corrected chi connectivity index (χ2v) is 7.83. The third kappa shape index (κ3) is 2.82. The van der Waals surface area contributed by atoms with Crippen molar-refractivity contribution < 1.29 is 14.7 Å². The van der Waals surface area contributed by atoms with Crippen LogP contribution in [0.2, 0.25) is 0 Å². The molecule has 0 saturated carbocycles. The van der Waals surface area contributed by atoms with Crippen LogP contribution in [0.5, 0.6) is 0 Å². The van der Waals surface area contributed by atoms with Crippen molar-refractivity contribution in [2.24, 2.45) is 0 Å². The lowest BCUT2D eigenvalue weighted by Crippen LogP contribution is -2.12. The molecule has 0 fully saturated rings. The molecule has 0 aliphatic rings. The largest absolute Gasteiger partial charge is 0.478 e. The number of halogens is 2. The summed E-state index contributed by atoms with van der Waals surface area (Å²) >= 11 is 9.13. The van der Waals surface area contributed by atoms with Crippen molar-refractivity contribution in [2.75, 3.05) is 5.32 Å². The van der Waals surface area contributed by atoms with Gasteiger partial charge in [-0.05, 0) is 49.4 Å². The zero-order chi connectivity index (χ0) is 13.3. The molecule has 0 saturated heterocycles. The summed E-state index contributed by atoms with van der Waals surface area (Å²) in [6, 6.07) is 3.14. The molecule has 0 aliphatic heterocycles. The SMILES string of the molecule is O=C(Nc1sccc1C(=O)O)c1cc(Br)sc1Br. The monoisotopic (exact) mass is 409 g/mol. The first kappa shape index (κ1) is 13.7. The summed E-state index contributed by atoms with van der Waals surface area (Å²) in [6.45, 7) is 0. The Labute approximate surface area is 127 Å². The van der Waals surface area contributed by atoms with E-state index in [1.54, 1.807) is 11.4 Å². The summed E-state index contributed by atoms with van der Waals surface area (Å²) in [5.74, 6) is -1.40. The van der Waals surface area contributed by atoms with Crippen LogP contribution in [0.15, 0.2) is 25.1 Å². The number of rotatable bonds is 3. The molecule has 18 heavy (non-hydrogen) atoms. The Morgan fingerprint density at radius 3 is 2.56 bits per heavy atom. The van der Waals surface area contributed by atoms with Crippen molar-refractivity contribution in [1.29, 1.82) is 0 Å². The number of carbonyl (C=O) groups is 2. The predicted molar refractivity (Wildman–Crippen MR) is 79.0 cm³/mol. The average Bonchev–Trinajstić information content (AvgIpc) is 2.85. The maximum Gasteiger partial charge on any atom is 0.338 e. The fourth-order valence-corrected chi connectivity index (χ4v) is 4.81. The number of nitrogens with one attached hydrogen (secondary N) is 1. The lowest BCUT2D eigenvalue weighted by molar-refractivity contribution is 0.0698. The summed E-state index contributed by atoms with van der Waals surface area (Å²) in [7, 11) is 0. The lowest BCUT2D eigenvalue weighted by Gasteiger charge is -2.02. The highest BCUT2D eigenvalue weighted by molar-refractivity contribution is 9.12. The predicted octanol–water partition coefficient (Wildman–Crippen LogP) is 4.29. The standard InChI is InChI=1S/C10H5Br2NO3S2/c11-6-3-5(7(12)18-6)8(14)13-9-4(10(15)16)1-2-17-9/h1-3H,(H,13,14)(H,15,16). The smallest absolute Gasteiger partial charge is 0.338 e. The Bertz CT molecular complexity index is 620. The number of amides is 1. The normalized spacial score (nSPS) is 10.3. The van der Waals surface area contributed by atoms with Gasteiger partial charge in [0.1, 0.15) is 5.00 Å². The minimum atomic E-state index is -1.06. The first-order valence-electron chi connectivity index (χ1n) is 4.56. The molecule has 2 heterocycles. The third-order valence-electron chi connectivity index (χ3n) is 2.02. The number of aromatic carboxylic acids is 1. The van der Waals surface area contributed by atoms with Gasteiger partial charge in [0.15, 0.2) is 0 Å². The molecule has 1 amide bonds. The van der Waals surface area contributed by atoms with Crippen molar-refractivity contribution in [3.05, 3.63) is 36.2 Å². The minimum Gasteiger partial charge on any atom is -0.478 e. The lowest BCUT2D eigenvalue weighted by atomic mass is 10.3. The Morgan fingerprint density at radius 2 is 2.00 bits per heavy atom. The molecule has 8 heteroatoms. The van der Waals surface area contributed by atoms with E-state index in [-0.39, 0.29) is 11.5 Å². The van der Waals surface area contributed by atoms with Crippen LogP contribution in [0.3, 0.4) is 0 Å². The number of carboxylic acids is 1. The van der Waals surface area contributed by atoms with Gasteiger partial charge in [0, 0.05) is 0 Å². The zero-order valence-electron chi connectivity index (χ0n) is 8.57. The van der Waals surface area contributed by atoms with Gasteiger partial charge in [-0.1, -0.05) is 0 Å². The van der Waals surface area contributed by atoms with Crippen LogP contribution in [0.1, 0.15) is 20.7 Å². The topological polar surface area (TPSA) is 66.4 Å². The highest BCUT2D eigenvalue weighted by atomic mass is 79.9. The van der Waals surface area contributed by atoms with E-state index in [0.717, 1.165) is 3.79 Å². The van der Waals surface area contributed by atoms with Crippen molar-refractivity contribution >= 4 is 71.4 Å². The molecule has 94 valence electrons. The van der Waals surface area contributed by atoms with Gasteiger partial charge >= 0.3 is 5.97 Å². The summed E-state index contributed by atoms with van der Waals surface area (Å²) < 4.78 is 1.52. The summed E-state index contributed by atoms with van der Waals surface area (Å²) in [6.07, 6.45) is 0. The number of hydrogen-bond donors (Lipinski definition) is 2. The molecular formula is C10H5Br2NO3S2. The molecule has 0 aromatic carbocycles. The van der Waals surface area contributed by atoms with E-state index in [2.05, 4.69) is 37.2 Å². The fourth-order valence-electron chi connectivity index (χ4n) is 1.24. The number of carboxylic acid groups (broad SMARTS) is 1. The van der Waals surface area contributed by atoms with Gasteiger partial charge in [-0.2, -0.15) is 0 Å². The second-order valence-electron chi connectivity index (χ2n) is 3.16. The van der Waals surface area contributed by atoms with Crippen LogP contribution < -0.4 is 5.32 Å². The van der Waals surface area contributed by atoms with Gasteiger partial charge in [-0.25, -0.2) is 4.79 Å². The summed E-state index contributed by atoms with van der Waals surface area (Å²) in [4.78, 5) is 22.9. The highest BCUT2D eigenvalue weighted by Gasteiger charge is 2.18. The van der Waals surface area contributed by atoms with Crippen molar-refractivity contribution in [3.8, 4) is 0 Å². The molecule has 0 aliphatic carbocycles. The number of hydrogen-bond acceptors (Lipinski definition) is 4. The fraction of sp³-hybridized carbons (Fsp3) is 0. The van der Waals surface area contributed by atoms with Gasteiger partial charge in [-0.15, -0.1) is 22.7 Å². The van der Waals surface area contributed by atoms with Gasteiger partial charge < -0.3 is 10.4 Å². The van der Waals surface area contributed by atoms with Gasteiger partial charge in [0.25, 0.3) is 5.91 Å². The van der Waals surface area contributed by atoms with E-state index < -0.39 is 5.97 Å². The summed E-state index contributed by atoms with van der Waals surface area (Å²) in [5, 5.41) is 13.5. The van der Waals surface area contributed by atoms with Crippen LogP contribution in [0.25, 0.3) is 0 Å². The molecule has 2 N–H and O–H groups in total. The molecule has 2 aromatic rings. The van der Waals surface area contributed by atoms with Crippen molar-refractivity contribution in [3.63, 3.8) is 0 Å². The molecule has 0 atom stereocenters. The maximum absolute atomic E-state index is 12.0. The highest BCUT2D eigenvalue weighted by Crippen LogP contribution is 2.33. The van der Waals surface area contributed by atoms with E-state index in [9.17, 15) is 9.59 Å². The number of anilines is 1. The number of carbonyl (C=O) groups excluding carboxylic acids is 1. The van der Waals surface area contributed by atoms with E-state index in [1.807, 2.05) is 0 Å². The van der Waals surface area contributed by atoms with Crippen LogP contribution >= 0.6 is 54.5 Å². The Kier molecular flexibility index (Phi) is 4.21. The van der Waals surface area contributed by atoms with Crippen molar-refractivity contribution in [2.45, 2.75) is 0 Å². The molecule has 0 bridgehead atoms. The second kappa shape index (κ2) is 5.52. The van der Waals surface area contributed by atoms with E-state index in [1.165, 1.54) is 28.7 Å². The van der Waals surface area contributed by atoms with Crippen LogP contribution in [0.4, 0.5) is 5.00 Å². The molecule has 0 radical (unpaired) electrons. The van der Waals surface area contributed by atoms with Crippen LogP contribution in [0, 0.1) is 0 Å². The minimum absolute atomic E-state index is 0.0961. The van der Waals surface area contributed by atoms with E-state index in [0.29, 0.717) is 14.4 Å². The van der Waals surface area contributed by atoms with Crippen LogP contribution in [-0.2, 0) is 0 Å². The van der Waals surface area contributed by atoms with Gasteiger partial charge in [-0.3, -0.25) is 4.79 Å². The van der Waals surface area contributed by atoms with Gasteiger partial charge in [0.05, 0.1) is 18.7 Å². The maximum atomic E-state index is 12.0. The summed E-state index contributed by atoms with van der Waals surface area (Å²) in [5.41, 5.74) is 0.565. The third-order valence-corrected chi connectivity index (χ3v) is 5.19. The molecule has 4 nitrogen and oxygen atoms in total. The zero-order valence-corrected chi connectivity index (χ0v) is 13.4. The van der Waals surface area contributed by atoms with Gasteiger partial charge in [0.2, 0.25) is 0 Å². The first-order valence-corrected chi connectivity index (χ1v) is 7.84. The first-order chi connectivity index (χ1) is 8.49. The number of thiophene rings is 2. The molecule has 2 rings (SSSR count). The Balaban J connectivity index is 2.24. The Hall–Kier alpha value is -0.700. The molecule has 0 unspecified atom stereocenters. The average molecular weight is 411 g/mol. The molecule has 0 spiro atoms. The molecular weight excluding hydrogens is 406 g/mol. The van der Waals surface area contributed by atoms with E-state index in [4.69, 9.17) is 5.11 Å². The van der Waals surface area contributed by atoms with Crippen LogP contribution in [-0.4, -0.2) is 17.0 Å². The molecule has 2 aromatic heterocycles. The van der Waals surface area contributed by atoms with Crippen molar-refractivity contribution in [1.82, 2.24) is 0 Å². The van der Waals surface area contributed by atoms with E-state index >= 15 is 0 Å². The quantitative estimate of drug-likeness (QED) is 0.793.